The molecule has 3 aromatic heterocycles. The van der Waals surface area contributed by atoms with Gasteiger partial charge in [0, 0.05) is 25.4 Å². The SMILES string of the molecule is O=C(Nc1cc(-c2nc3ccccc3[nH]2)[nH]n1)c1ccc(N2CCCC2)nc1. The fraction of sp³-hybridized carbons (Fsp3) is 0.200. The Balaban J connectivity index is 1.30. The first-order chi connectivity index (χ1) is 13.8. The fourth-order valence-corrected chi connectivity index (χ4v) is 3.43. The van der Waals surface area contributed by atoms with Crippen LogP contribution in [0.1, 0.15) is 23.2 Å². The Morgan fingerprint density at radius 3 is 2.75 bits per heavy atom. The smallest absolute Gasteiger partial charge is 0.258 e. The summed E-state index contributed by atoms with van der Waals surface area (Å²) in [5.41, 5.74) is 3.02. The van der Waals surface area contributed by atoms with Gasteiger partial charge in [-0.3, -0.25) is 9.89 Å². The lowest BCUT2D eigenvalue weighted by Gasteiger charge is -2.15. The minimum atomic E-state index is -0.247. The summed E-state index contributed by atoms with van der Waals surface area (Å²) in [6.45, 7) is 2.05. The number of carbonyl (C=O) groups excluding carboxylic acids is 1. The van der Waals surface area contributed by atoms with Gasteiger partial charge in [0.2, 0.25) is 0 Å². The number of hydrogen-bond acceptors (Lipinski definition) is 5. The molecule has 0 saturated carbocycles. The maximum atomic E-state index is 12.5. The summed E-state index contributed by atoms with van der Waals surface area (Å²) in [6.07, 6.45) is 3.99. The summed E-state index contributed by atoms with van der Waals surface area (Å²) in [7, 11) is 0. The lowest BCUT2D eigenvalue weighted by Crippen LogP contribution is -2.19. The number of carbonyl (C=O) groups is 1. The predicted molar refractivity (Wildman–Crippen MR) is 107 cm³/mol. The molecule has 140 valence electrons. The molecular weight excluding hydrogens is 354 g/mol. The molecular formula is C20H19N7O. The average molecular weight is 373 g/mol. The van der Waals surface area contributed by atoms with Crippen molar-refractivity contribution in [2.45, 2.75) is 12.8 Å². The van der Waals surface area contributed by atoms with Crippen LogP contribution in [0.25, 0.3) is 22.6 Å². The molecule has 1 aliphatic rings. The number of anilines is 2. The van der Waals surface area contributed by atoms with Crippen LogP contribution in [0.2, 0.25) is 0 Å². The summed E-state index contributed by atoms with van der Waals surface area (Å²) in [6, 6.07) is 13.2. The number of rotatable bonds is 4. The van der Waals surface area contributed by atoms with Gasteiger partial charge in [-0.2, -0.15) is 5.10 Å². The number of nitrogens with zero attached hydrogens (tertiary/aromatic N) is 4. The number of hydrogen-bond donors (Lipinski definition) is 3. The largest absolute Gasteiger partial charge is 0.357 e. The molecule has 1 fully saturated rings. The number of fused-ring (bicyclic) bond motifs is 1. The van der Waals surface area contributed by atoms with E-state index in [1.165, 1.54) is 12.8 Å². The van der Waals surface area contributed by atoms with Crippen molar-refractivity contribution in [2.24, 2.45) is 0 Å². The molecule has 1 amide bonds. The van der Waals surface area contributed by atoms with Crippen molar-refractivity contribution in [3.63, 3.8) is 0 Å². The van der Waals surface area contributed by atoms with E-state index in [2.05, 4.69) is 35.4 Å². The summed E-state index contributed by atoms with van der Waals surface area (Å²) >= 11 is 0. The molecule has 0 aliphatic carbocycles. The number of imidazole rings is 1. The predicted octanol–water partition coefficient (Wildman–Crippen LogP) is 3.20. The van der Waals surface area contributed by atoms with Gasteiger partial charge in [0.1, 0.15) is 11.5 Å². The lowest BCUT2D eigenvalue weighted by molar-refractivity contribution is 0.102. The van der Waals surface area contributed by atoms with Crippen molar-refractivity contribution >= 4 is 28.6 Å². The number of aromatic nitrogens is 5. The zero-order chi connectivity index (χ0) is 18.9. The third kappa shape index (κ3) is 3.09. The molecule has 0 bridgehead atoms. The number of para-hydroxylation sites is 2. The summed E-state index contributed by atoms with van der Waals surface area (Å²) in [5, 5.41) is 9.86. The standard InChI is InChI=1S/C20H19N7O/c28-20(13-7-8-18(21-12-13)27-9-3-4-10-27)24-17-11-16(25-26-17)19-22-14-5-1-2-6-15(14)23-19/h1-2,5-8,11-12H,3-4,9-10H2,(H,22,23)(H2,24,25,26,28). The van der Waals surface area contributed by atoms with E-state index in [0.29, 0.717) is 22.9 Å². The number of nitrogens with one attached hydrogen (secondary N) is 3. The van der Waals surface area contributed by atoms with Crippen molar-refractivity contribution in [3.05, 3.63) is 54.2 Å². The third-order valence-electron chi connectivity index (χ3n) is 4.90. The van der Waals surface area contributed by atoms with Crippen LogP contribution in [0.4, 0.5) is 11.6 Å². The first kappa shape index (κ1) is 16.5. The molecule has 1 aliphatic heterocycles. The Kier molecular flexibility index (Phi) is 4.01. The molecule has 4 aromatic rings. The van der Waals surface area contributed by atoms with Crippen LogP contribution in [-0.2, 0) is 0 Å². The Hall–Kier alpha value is -3.68. The average Bonchev–Trinajstić information content (AvgIpc) is 3.47. The Morgan fingerprint density at radius 2 is 1.96 bits per heavy atom. The van der Waals surface area contributed by atoms with Gasteiger partial charge in [-0.15, -0.1) is 0 Å². The van der Waals surface area contributed by atoms with Gasteiger partial charge in [-0.25, -0.2) is 9.97 Å². The van der Waals surface area contributed by atoms with E-state index in [1.807, 2.05) is 30.3 Å². The van der Waals surface area contributed by atoms with Gasteiger partial charge < -0.3 is 15.2 Å². The van der Waals surface area contributed by atoms with Crippen molar-refractivity contribution < 1.29 is 4.79 Å². The second kappa shape index (κ2) is 6.80. The maximum Gasteiger partial charge on any atom is 0.258 e. The molecule has 1 saturated heterocycles. The van der Waals surface area contributed by atoms with Crippen LogP contribution >= 0.6 is 0 Å². The fourth-order valence-electron chi connectivity index (χ4n) is 3.43. The molecule has 0 radical (unpaired) electrons. The third-order valence-corrected chi connectivity index (χ3v) is 4.90. The van der Waals surface area contributed by atoms with Crippen molar-refractivity contribution in [1.82, 2.24) is 25.1 Å². The molecule has 4 heterocycles. The Morgan fingerprint density at radius 1 is 1.11 bits per heavy atom. The highest BCUT2D eigenvalue weighted by Gasteiger charge is 2.15. The van der Waals surface area contributed by atoms with Crippen LogP contribution in [0.5, 0.6) is 0 Å². The van der Waals surface area contributed by atoms with Gasteiger partial charge in [-0.1, -0.05) is 12.1 Å². The van der Waals surface area contributed by atoms with Crippen molar-refractivity contribution in [1.29, 1.82) is 0 Å². The highest BCUT2D eigenvalue weighted by Crippen LogP contribution is 2.21. The molecule has 0 spiro atoms. The van der Waals surface area contributed by atoms with Crippen molar-refractivity contribution in [3.8, 4) is 11.5 Å². The van der Waals surface area contributed by atoms with E-state index in [4.69, 9.17) is 0 Å². The second-order valence-electron chi connectivity index (χ2n) is 6.82. The number of aromatic amines is 2. The highest BCUT2D eigenvalue weighted by molar-refractivity contribution is 6.03. The zero-order valence-corrected chi connectivity index (χ0v) is 15.1. The Labute approximate surface area is 161 Å². The summed E-state index contributed by atoms with van der Waals surface area (Å²) in [5.74, 6) is 1.78. The molecule has 3 N–H and O–H groups in total. The number of amides is 1. The minimum absolute atomic E-state index is 0.247. The summed E-state index contributed by atoms with van der Waals surface area (Å²) < 4.78 is 0. The van der Waals surface area contributed by atoms with Gasteiger partial charge in [0.15, 0.2) is 11.6 Å². The number of pyridine rings is 1. The van der Waals surface area contributed by atoms with Gasteiger partial charge in [-0.05, 0) is 37.1 Å². The van der Waals surface area contributed by atoms with Crippen LogP contribution in [0.3, 0.4) is 0 Å². The van der Waals surface area contributed by atoms with Crippen LogP contribution in [0, 0.1) is 0 Å². The topological polar surface area (TPSA) is 103 Å². The van der Waals surface area contributed by atoms with E-state index in [9.17, 15) is 4.79 Å². The highest BCUT2D eigenvalue weighted by atomic mass is 16.1. The first-order valence-electron chi connectivity index (χ1n) is 9.29. The minimum Gasteiger partial charge on any atom is -0.357 e. The monoisotopic (exact) mass is 373 g/mol. The summed E-state index contributed by atoms with van der Waals surface area (Å²) in [4.78, 5) is 26.9. The van der Waals surface area contributed by atoms with Gasteiger partial charge >= 0.3 is 0 Å². The molecule has 0 atom stereocenters. The van der Waals surface area contributed by atoms with Gasteiger partial charge in [0.05, 0.1) is 16.6 Å². The first-order valence-corrected chi connectivity index (χ1v) is 9.29. The quantitative estimate of drug-likeness (QED) is 0.510. The maximum absolute atomic E-state index is 12.5. The zero-order valence-electron chi connectivity index (χ0n) is 15.1. The number of benzene rings is 1. The Bertz CT molecular complexity index is 1090. The molecule has 8 heteroatoms. The molecule has 0 unspecified atom stereocenters. The molecule has 8 nitrogen and oxygen atoms in total. The van der Waals surface area contributed by atoms with E-state index in [-0.39, 0.29) is 5.91 Å². The molecule has 28 heavy (non-hydrogen) atoms. The molecule has 1 aromatic carbocycles. The lowest BCUT2D eigenvalue weighted by atomic mass is 10.2. The van der Waals surface area contributed by atoms with Crippen LogP contribution in [0.15, 0.2) is 48.7 Å². The van der Waals surface area contributed by atoms with E-state index in [1.54, 1.807) is 18.3 Å². The van der Waals surface area contributed by atoms with Crippen LogP contribution < -0.4 is 10.2 Å². The van der Waals surface area contributed by atoms with Crippen LogP contribution in [-0.4, -0.2) is 44.1 Å². The van der Waals surface area contributed by atoms with Gasteiger partial charge in [0.25, 0.3) is 5.91 Å². The van der Waals surface area contributed by atoms with Crippen molar-refractivity contribution in [2.75, 3.05) is 23.3 Å². The second-order valence-corrected chi connectivity index (χ2v) is 6.82. The van der Waals surface area contributed by atoms with E-state index in [0.717, 1.165) is 29.9 Å². The number of H-pyrrole nitrogens is 2. The molecule has 5 rings (SSSR count). The van der Waals surface area contributed by atoms with E-state index >= 15 is 0 Å². The normalized spacial score (nSPS) is 13.9. The van der Waals surface area contributed by atoms with E-state index < -0.39 is 0 Å².